The molecule has 0 unspecified atom stereocenters. The molecule has 0 aliphatic heterocycles. The Morgan fingerprint density at radius 3 is 2.21 bits per heavy atom. The lowest BCUT2D eigenvalue weighted by atomic mass is 10.3. The van der Waals surface area contributed by atoms with Gasteiger partial charge in [-0.25, -0.2) is 17.8 Å². The molecular formula is C20H22N4O4S. The topological polar surface area (TPSA) is 102 Å². The molecule has 8 nitrogen and oxygen atoms in total. The van der Waals surface area contributed by atoms with E-state index in [4.69, 9.17) is 0 Å². The molecule has 1 amide bonds. The highest BCUT2D eigenvalue weighted by Crippen LogP contribution is 2.14. The van der Waals surface area contributed by atoms with Crippen molar-refractivity contribution in [3.8, 4) is 5.69 Å². The molecule has 0 fully saturated rings. The average Bonchev–Trinajstić information content (AvgIpc) is 2.92. The highest BCUT2D eigenvalue weighted by atomic mass is 32.2. The second-order valence-electron chi connectivity index (χ2n) is 6.45. The molecule has 0 atom stereocenters. The average molecular weight is 414 g/mol. The Bertz CT molecular complexity index is 1170. The van der Waals surface area contributed by atoms with Crippen molar-refractivity contribution in [3.05, 3.63) is 76.7 Å². The van der Waals surface area contributed by atoms with Gasteiger partial charge in [0.05, 0.1) is 16.3 Å². The van der Waals surface area contributed by atoms with Crippen molar-refractivity contribution < 1.29 is 13.2 Å². The maximum Gasteiger partial charge on any atom is 0.295 e. The largest absolute Gasteiger partial charge is 0.320 e. The summed E-state index contributed by atoms with van der Waals surface area (Å²) in [6.45, 7) is 1.65. The zero-order chi connectivity index (χ0) is 21.0. The van der Waals surface area contributed by atoms with Crippen LogP contribution in [0.25, 0.3) is 5.69 Å². The fourth-order valence-electron chi connectivity index (χ4n) is 2.90. The van der Waals surface area contributed by atoms with Crippen LogP contribution in [0.2, 0.25) is 0 Å². The number of nitrogens with one attached hydrogen (secondary N) is 2. The third-order valence-corrected chi connectivity index (χ3v) is 5.99. The second kappa shape index (κ2) is 8.46. The summed E-state index contributed by atoms with van der Waals surface area (Å²) in [4.78, 5) is 25.2. The van der Waals surface area contributed by atoms with Crippen LogP contribution in [-0.2, 0) is 21.9 Å². The van der Waals surface area contributed by atoms with Gasteiger partial charge in [0.15, 0.2) is 0 Å². The lowest BCUT2D eigenvalue weighted by Gasteiger charge is -2.07. The van der Waals surface area contributed by atoms with Crippen LogP contribution in [0.1, 0.15) is 12.1 Å². The van der Waals surface area contributed by atoms with Gasteiger partial charge in [-0.2, -0.15) is 0 Å². The van der Waals surface area contributed by atoms with Crippen molar-refractivity contribution in [3.63, 3.8) is 0 Å². The third-order valence-electron chi connectivity index (χ3n) is 4.52. The van der Waals surface area contributed by atoms with Crippen molar-refractivity contribution in [2.75, 3.05) is 11.9 Å². The minimum Gasteiger partial charge on any atom is -0.320 e. The fraction of sp³-hybridized carbons (Fsp3) is 0.200. The van der Waals surface area contributed by atoms with Gasteiger partial charge in [0, 0.05) is 20.0 Å². The Kier molecular flexibility index (Phi) is 6.00. The minimum absolute atomic E-state index is 0.0815. The number of rotatable bonds is 7. The molecule has 0 saturated heterocycles. The Morgan fingerprint density at radius 1 is 1.00 bits per heavy atom. The van der Waals surface area contributed by atoms with E-state index in [-0.39, 0.29) is 29.1 Å². The predicted molar refractivity (Wildman–Crippen MR) is 111 cm³/mol. The summed E-state index contributed by atoms with van der Waals surface area (Å²) >= 11 is 0. The lowest BCUT2D eigenvalue weighted by Crippen LogP contribution is -2.29. The van der Waals surface area contributed by atoms with Crippen LogP contribution < -0.4 is 15.6 Å². The zero-order valence-electron chi connectivity index (χ0n) is 16.1. The normalized spacial score (nSPS) is 11.4. The lowest BCUT2D eigenvalue weighted by molar-refractivity contribution is -0.116. The molecule has 0 aliphatic rings. The molecule has 3 rings (SSSR count). The van der Waals surface area contributed by atoms with Gasteiger partial charge in [0.1, 0.15) is 5.69 Å². The first kappa shape index (κ1) is 20.6. The number of anilines is 1. The molecule has 2 aromatic carbocycles. The summed E-state index contributed by atoms with van der Waals surface area (Å²) in [6, 6.07) is 17.0. The smallest absolute Gasteiger partial charge is 0.295 e. The van der Waals surface area contributed by atoms with Crippen LogP contribution in [0.5, 0.6) is 0 Å². The summed E-state index contributed by atoms with van der Waals surface area (Å²) in [7, 11) is -1.95. The van der Waals surface area contributed by atoms with E-state index in [1.54, 1.807) is 49.0 Å². The molecule has 29 heavy (non-hydrogen) atoms. The summed E-state index contributed by atoms with van der Waals surface area (Å²) in [6.07, 6.45) is -0.106. The molecule has 0 bridgehead atoms. The van der Waals surface area contributed by atoms with Crippen LogP contribution in [0.3, 0.4) is 0 Å². The van der Waals surface area contributed by atoms with Crippen molar-refractivity contribution in [2.45, 2.75) is 18.2 Å². The maximum absolute atomic E-state index is 12.8. The van der Waals surface area contributed by atoms with E-state index in [0.29, 0.717) is 11.4 Å². The van der Waals surface area contributed by atoms with Gasteiger partial charge < -0.3 is 5.32 Å². The van der Waals surface area contributed by atoms with E-state index in [9.17, 15) is 18.0 Å². The van der Waals surface area contributed by atoms with Crippen molar-refractivity contribution in [1.82, 2.24) is 14.1 Å². The third kappa shape index (κ3) is 4.47. The highest BCUT2D eigenvalue weighted by molar-refractivity contribution is 7.89. The number of carbonyl (C=O) groups is 1. The quantitative estimate of drug-likeness (QED) is 0.615. The monoisotopic (exact) mass is 414 g/mol. The Morgan fingerprint density at radius 2 is 1.59 bits per heavy atom. The Balaban J connectivity index is 1.68. The Hall–Kier alpha value is -3.17. The summed E-state index contributed by atoms with van der Waals surface area (Å²) in [5, 5.41) is 2.61. The van der Waals surface area contributed by atoms with Gasteiger partial charge in [-0.1, -0.05) is 36.4 Å². The number of hydrogen-bond acceptors (Lipinski definition) is 4. The SMILES string of the molecule is Cc1c(NC(=O)CCNS(=O)(=O)c2ccccc2)c(=O)n(-c2ccccc2)n1C. The molecule has 2 N–H and O–H groups in total. The number of para-hydroxylation sites is 1. The molecule has 1 aromatic heterocycles. The standard InChI is InChI=1S/C20H22N4O4S/c1-15-19(20(26)24(23(15)2)16-9-5-3-6-10-16)22-18(25)13-14-21-29(27,28)17-11-7-4-8-12-17/h3-12,21H,13-14H2,1-2H3,(H,22,25). The first-order valence-electron chi connectivity index (χ1n) is 9.00. The minimum atomic E-state index is -3.68. The molecule has 9 heteroatoms. The molecule has 0 spiro atoms. The number of nitrogens with zero attached hydrogens (tertiary/aromatic N) is 2. The van der Waals surface area contributed by atoms with E-state index in [1.165, 1.54) is 16.8 Å². The van der Waals surface area contributed by atoms with Crippen LogP contribution in [0.4, 0.5) is 5.69 Å². The number of aromatic nitrogens is 2. The molecule has 0 radical (unpaired) electrons. The van der Waals surface area contributed by atoms with Crippen LogP contribution in [0, 0.1) is 6.92 Å². The number of hydrogen-bond donors (Lipinski definition) is 2. The molecule has 0 saturated carbocycles. The summed E-state index contributed by atoms with van der Waals surface area (Å²) < 4.78 is 29.9. The maximum atomic E-state index is 12.8. The second-order valence-corrected chi connectivity index (χ2v) is 8.21. The molecule has 152 valence electrons. The number of amides is 1. The van der Waals surface area contributed by atoms with E-state index >= 15 is 0 Å². The number of benzene rings is 2. The number of sulfonamides is 1. The van der Waals surface area contributed by atoms with E-state index in [1.807, 2.05) is 18.2 Å². The van der Waals surface area contributed by atoms with Crippen LogP contribution >= 0.6 is 0 Å². The molecule has 1 heterocycles. The van der Waals surface area contributed by atoms with Gasteiger partial charge in [-0.3, -0.25) is 14.3 Å². The Labute approximate surface area is 168 Å². The molecular weight excluding hydrogens is 392 g/mol. The van der Waals surface area contributed by atoms with Crippen molar-refractivity contribution in [1.29, 1.82) is 0 Å². The highest BCUT2D eigenvalue weighted by Gasteiger charge is 2.19. The van der Waals surface area contributed by atoms with Gasteiger partial charge >= 0.3 is 0 Å². The van der Waals surface area contributed by atoms with E-state index in [0.717, 1.165) is 0 Å². The van der Waals surface area contributed by atoms with Crippen LogP contribution in [0.15, 0.2) is 70.4 Å². The van der Waals surface area contributed by atoms with E-state index < -0.39 is 15.9 Å². The van der Waals surface area contributed by atoms with E-state index in [2.05, 4.69) is 10.0 Å². The van der Waals surface area contributed by atoms with Gasteiger partial charge in [0.25, 0.3) is 5.56 Å². The number of carbonyl (C=O) groups excluding carboxylic acids is 1. The van der Waals surface area contributed by atoms with Gasteiger partial charge in [-0.15, -0.1) is 0 Å². The molecule has 0 aliphatic carbocycles. The first-order chi connectivity index (χ1) is 13.8. The predicted octanol–water partition coefficient (Wildman–Crippen LogP) is 1.79. The van der Waals surface area contributed by atoms with Crippen LogP contribution in [-0.4, -0.2) is 30.2 Å². The zero-order valence-corrected chi connectivity index (χ0v) is 16.9. The summed E-state index contributed by atoms with van der Waals surface area (Å²) in [5.41, 5.74) is 1.10. The summed E-state index contributed by atoms with van der Waals surface area (Å²) in [5.74, 6) is -0.452. The first-order valence-corrected chi connectivity index (χ1v) is 10.5. The van der Waals surface area contributed by atoms with Gasteiger partial charge in [0.2, 0.25) is 15.9 Å². The van der Waals surface area contributed by atoms with Crippen molar-refractivity contribution >= 4 is 21.6 Å². The molecule has 3 aromatic rings. The van der Waals surface area contributed by atoms with Crippen molar-refractivity contribution in [2.24, 2.45) is 7.05 Å². The fourth-order valence-corrected chi connectivity index (χ4v) is 3.95. The van der Waals surface area contributed by atoms with Gasteiger partial charge in [-0.05, 0) is 31.2 Å².